The van der Waals surface area contributed by atoms with Crippen molar-refractivity contribution in [2.45, 2.75) is 6.92 Å². The van der Waals surface area contributed by atoms with Crippen LogP contribution in [0.15, 0.2) is 40.9 Å². The number of nitrogens with two attached hydrogens (primary N) is 1. The molecule has 2 aromatic rings. The Kier molecular flexibility index (Phi) is 3.85. The summed E-state index contributed by atoms with van der Waals surface area (Å²) in [5.41, 5.74) is 8.28. The average molecular weight is 323 g/mol. The Morgan fingerprint density at radius 1 is 1.26 bits per heavy atom. The molecular formula is C14H12BrFN2O. The molecule has 0 fully saturated rings. The van der Waals surface area contributed by atoms with Crippen molar-refractivity contribution >= 4 is 33.2 Å². The molecule has 98 valence electrons. The Balaban J connectivity index is 2.24. The molecular weight excluding hydrogens is 311 g/mol. The largest absolute Gasteiger partial charge is 0.398 e. The van der Waals surface area contributed by atoms with Gasteiger partial charge in [0.05, 0.1) is 5.69 Å². The smallest absolute Gasteiger partial charge is 0.255 e. The van der Waals surface area contributed by atoms with E-state index in [4.69, 9.17) is 5.73 Å². The molecule has 0 saturated heterocycles. The van der Waals surface area contributed by atoms with Crippen molar-refractivity contribution in [2.75, 3.05) is 11.1 Å². The Labute approximate surface area is 118 Å². The second kappa shape index (κ2) is 5.40. The molecule has 0 aliphatic heterocycles. The summed E-state index contributed by atoms with van der Waals surface area (Å²) in [6, 6.07) is 8.85. The van der Waals surface area contributed by atoms with E-state index in [9.17, 15) is 9.18 Å². The van der Waals surface area contributed by atoms with Gasteiger partial charge in [-0.15, -0.1) is 0 Å². The first-order valence-electron chi connectivity index (χ1n) is 5.60. The molecule has 1 amide bonds. The highest BCUT2D eigenvalue weighted by atomic mass is 79.9. The summed E-state index contributed by atoms with van der Waals surface area (Å²) in [4.78, 5) is 12.0. The number of aryl methyl sites for hydroxylation is 1. The number of carbonyl (C=O) groups excluding carboxylic acids is 1. The number of anilines is 2. The summed E-state index contributed by atoms with van der Waals surface area (Å²) in [5, 5.41) is 2.73. The van der Waals surface area contributed by atoms with E-state index in [1.54, 1.807) is 6.07 Å². The van der Waals surface area contributed by atoms with Crippen molar-refractivity contribution in [1.29, 1.82) is 0 Å². The van der Waals surface area contributed by atoms with Crippen molar-refractivity contribution < 1.29 is 9.18 Å². The molecule has 2 rings (SSSR count). The highest BCUT2D eigenvalue weighted by Gasteiger charge is 2.09. The summed E-state index contributed by atoms with van der Waals surface area (Å²) in [5.74, 6) is -0.693. The van der Waals surface area contributed by atoms with Crippen molar-refractivity contribution in [3.63, 3.8) is 0 Å². The zero-order valence-electron chi connectivity index (χ0n) is 10.2. The standard InChI is InChI=1S/C14H12BrFN2O/c1-8-6-11(15)13(7-12(8)17)18-14(19)9-2-4-10(16)5-3-9/h2-7H,17H2,1H3,(H,18,19). The van der Waals surface area contributed by atoms with Crippen LogP contribution in [0.2, 0.25) is 0 Å². The summed E-state index contributed by atoms with van der Waals surface area (Å²) in [7, 11) is 0. The van der Waals surface area contributed by atoms with E-state index in [1.807, 2.05) is 13.0 Å². The molecule has 0 bridgehead atoms. The van der Waals surface area contributed by atoms with E-state index in [0.717, 1.165) is 10.0 Å². The average Bonchev–Trinajstić information content (AvgIpc) is 2.36. The molecule has 0 aliphatic rings. The molecule has 3 nitrogen and oxygen atoms in total. The van der Waals surface area contributed by atoms with Crippen LogP contribution in [0.1, 0.15) is 15.9 Å². The van der Waals surface area contributed by atoms with Gasteiger partial charge in [-0.2, -0.15) is 0 Å². The van der Waals surface area contributed by atoms with Crippen LogP contribution in [0.25, 0.3) is 0 Å². The molecule has 5 heteroatoms. The van der Waals surface area contributed by atoms with Gasteiger partial charge in [-0.25, -0.2) is 4.39 Å². The van der Waals surface area contributed by atoms with Gasteiger partial charge in [0.25, 0.3) is 5.91 Å². The van der Waals surface area contributed by atoms with Gasteiger partial charge in [-0.3, -0.25) is 4.79 Å². The minimum atomic E-state index is -0.377. The first kappa shape index (κ1) is 13.5. The normalized spacial score (nSPS) is 10.3. The topological polar surface area (TPSA) is 55.1 Å². The molecule has 0 aromatic heterocycles. The molecule has 0 unspecified atom stereocenters. The van der Waals surface area contributed by atoms with E-state index < -0.39 is 0 Å². The van der Waals surface area contributed by atoms with Gasteiger partial charge in [-0.05, 0) is 64.8 Å². The first-order valence-corrected chi connectivity index (χ1v) is 6.39. The zero-order valence-corrected chi connectivity index (χ0v) is 11.8. The minimum Gasteiger partial charge on any atom is -0.398 e. The maximum atomic E-state index is 12.8. The van der Waals surface area contributed by atoms with E-state index in [-0.39, 0.29) is 11.7 Å². The van der Waals surface area contributed by atoms with Crippen molar-refractivity contribution in [3.8, 4) is 0 Å². The van der Waals surface area contributed by atoms with Gasteiger partial charge in [0.1, 0.15) is 5.82 Å². The van der Waals surface area contributed by atoms with Gasteiger partial charge in [0.15, 0.2) is 0 Å². The van der Waals surface area contributed by atoms with Crippen molar-refractivity contribution in [1.82, 2.24) is 0 Å². The zero-order chi connectivity index (χ0) is 14.0. The van der Waals surface area contributed by atoms with Gasteiger partial charge < -0.3 is 11.1 Å². The predicted octanol–water partition coefficient (Wildman–Crippen LogP) is 3.73. The summed E-state index contributed by atoms with van der Waals surface area (Å²) < 4.78 is 13.5. The number of halogens is 2. The number of hydrogen-bond acceptors (Lipinski definition) is 2. The number of nitrogens with one attached hydrogen (secondary N) is 1. The fourth-order valence-corrected chi connectivity index (χ4v) is 2.14. The Morgan fingerprint density at radius 3 is 2.53 bits per heavy atom. The van der Waals surface area contributed by atoms with E-state index in [1.165, 1.54) is 24.3 Å². The maximum absolute atomic E-state index is 12.8. The van der Waals surface area contributed by atoms with Gasteiger partial charge in [0.2, 0.25) is 0 Å². The molecule has 0 heterocycles. The lowest BCUT2D eigenvalue weighted by atomic mass is 10.1. The number of amides is 1. The quantitative estimate of drug-likeness (QED) is 0.828. The maximum Gasteiger partial charge on any atom is 0.255 e. The second-order valence-corrected chi connectivity index (χ2v) is 5.00. The number of hydrogen-bond donors (Lipinski definition) is 2. The van der Waals surface area contributed by atoms with E-state index in [2.05, 4.69) is 21.2 Å². The molecule has 0 aliphatic carbocycles. The Morgan fingerprint density at radius 2 is 1.89 bits per heavy atom. The highest BCUT2D eigenvalue weighted by Crippen LogP contribution is 2.28. The molecule has 0 atom stereocenters. The van der Waals surface area contributed by atoms with Crippen LogP contribution in [0.4, 0.5) is 15.8 Å². The van der Waals surface area contributed by atoms with Gasteiger partial charge in [0, 0.05) is 15.7 Å². The van der Waals surface area contributed by atoms with Gasteiger partial charge >= 0.3 is 0 Å². The Hall–Kier alpha value is -1.88. The number of benzene rings is 2. The third kappa shape index (κ3) is 3.12. The molecule has 2 aromatic carbocycles. The molecule has 3 N–H and O–H groups in total. The number of nitrogen functional groups attached to an aromatic ring is 1. The van der Waals surface area contributed by atoms with Crippen LogP contribution in [-0.4, -0.2) is 5.91 Å². The van der Waals surface area contributed by atoms with Crippen molar-refractivity contribution in [3.05, 3.63) is 57.8 Å². The summed E-state index contributed by atoms with van der Waals surface area (Å²) in [6.07, 6.45) is 0. The highest BCUT2D eigenvalue weighted by molar-refractivity contribution is 9.10. The number of carbonyl (C=O) groups is 1. The lowest BCUT2D eigenvalue weighted by molar-refractivity contribution is 0.102. The fourth-order valence-electron chi connectivity index (χ4n) is 1.58. The second-order valence-electron chi connectivity index (χ2n) is 4.15. The number of rotatable bonds is 2. The van der Waals surface area contributed by atoms with Crippen LogP contribution in [0, 0.1) is 12.7 Å². The molecule has 0 saturated carbocycles. The Bertz CT molecular complexity index is 626. The monoisotopic (exact) mass is 322 g/mol. The van der Waals surface area contributed by atoms with Crippen molar-refractivity contribution in [2.24, 2.45) is 0 Å². The lowest BCUT2D eigenvalue weighted by Crippen LogP contribution is -2.12. The van der Waals surface area contributed by atoms with Crippen LogP contribution in [0.5, 0.6) is 0 Å². The molecule has 0 radical (unpaired) electrons. The van der Waals surface area contributed by atoms with Crippen LogP contribution >= 0.6 is 15.9 Å². The van der Waals surface area contributed by atoms with Crippen LogP contribution in [0.3, 0.4) is 0 Å². The fraction of sp³-hybridized carbons (Fsp3) is 0.0714. The summed E-state index contributed by atoms with van der Waals surface area (Å²) in [6.45, 7) is 1.88. The minimum absolute atomic E-state index is 0.316. The van der Waals surface area contributed by atoms with Crippen LogP contribution in [-0.2, 0) is 0 Å². The SMILES string of the molecule is Cc1cc(Br)c(NC(=O)c2ccc(F)cc2)cc1N. The van der Waals surface area contributed by atoms with Crippen LogP contribution < -0.4 is 11.1 Å². The molecule has 19 heavy (non-hydrogen) atoms. The first-order chi connectivity index (χ1) is 8.97. The van der Waals surface area contributed by atoms with E-state index in [0.29, 0.717) is 16.9 Å². The summed E-state index contributed by atoms with van der Waals surface area (Å²) >= 11 is 3.36. The van der Waals surface area contributed by atoms with Gasteiger partial charge in [-0.1, -0.05) is 0 Å². The molecule has 0 spiro atoms. The third-order valence-electron chi connectivity index (χ3n) is 2.71. The third-order valence-corrected chi connectivity index (χ3v) is 3.37. The predicted molar refractivity (Wildman–Crippen MR) is 77.6 cm³/mol. The lowest BCUT2D eigenvalue weighted by Gasteiger charge is -2.10. The van der Waals surface area contributed by atoms with E-state index >= 15 is 0 Å².